The molecule has 1 aliphatic rings. The molecule has 1 fully saturated rings. The highest BCUT2D eigenvalue weighted by atomic mass is 35.5. The van der Waals surface area contributed by atoms with Crippen LogP contribution >= 0.6 is 22.9 Å². The van der Waals surface area contributed by atoms with Gasteiger partial charge in [0.25, 0.3) is 5.91 Å². The summed E-state index contributed by atoms with van der Waals surface area (Å²) in [5.74, 6) is 0.0326. The zero-order valence-electron chi connectivity index (χ0n) is 17.3. The third-order valence-electron chi connectivity index (χ3n) is 5.61. The number of halogens is 1. The second-order valence-corrected chi connectivity index (χ2v) is 11.5. The molecule has 1 atom stereocenters. The Morgan fingerprint density at radius 2 is 1.84 bits per heavy atom. The van der Waals surface area contributed by atoms with E-state index in [0.29, 0.717) is 22.9 Å². The SMILES string of the molecule is CCc1cc(C(=O)N(Cc2ccc(Cl)cc2)[C@@H]2CCS(=O)(=O)C2)sc1-c1ccccc1. The van der Waals surface area contributed by atoms with Crippen LogP contribution < -0.4 is 0 Å². The van der Waals surface area contributed by atoms with Crippen LogP contribution in [0.2, 0.25) is 5.02 Å². The van der Waals surface area contributed by atoms with Gasteiger partial charge in [-0.3, -0.25) is 4.79 Å². The molecule has 0 saturated carbocycles. The lowest BCUT2D eigenvalue weighted by atomic mass is 10.1. The minimum Gasteiger partial charge on any atom is -0.330 e. The normalized spacial score (nSPS) is 17.5. The molecule has 2 aromatic carbocycles. The maximum Gasteiger partial charge on any atom is 0.264 e. The Bertz CT molecular complexity index is 1170. The summed E-state index contributed by atoms with van der Waals surface area (Å²) in [6, 6.07) is 19.1. The van der Waals surface area contributed by atoms with Crippen molar-refractivity contribution < 1.29 is 13.2 Å². The monoisotopic (exact) mass is 473 g/mol. The Morgan fingerprint density at radius 1 is 1.13 bits per heavy atom. The third-order valence-corrected chi connectivity index (χ3v) is 8.83. The third kappa shape index (κ3) is 5.03. The van der Waals surface area contributed by atoms with Gasteiger partial charge in [-0.05, 0) is 47.7 Å². The molecule has 0 unspecified atom stereocenters. The van der Waals surface area contributed by atoms with E-state index >= 15 is 0 Å². The molecule has 0 spiro atoms. The number of thiophene rings is 1. The van der Waals surface area contributed by atoms with Gasteiger partial charge in [-0.25, -0.2) is 8.42 Å². The Hall–Kier alpha value is -2.15. The summed E-state index contributed by atoms with van der Waals surface area (Å²) in [6.07, 6.45) is 1.29. The van der Waals surface area contributed by atoms with Crippen molar-refractivity contribution in [2.24, 2.45) is 0 Å². The van der Waals surface area contributed by atoms with E-state index in [-0.39, 0.29) is 23.5 Å². The number of rotatable bonds is 6. The van der Waals surface area contributed by atoms with Gasteiger partial charge in [0.1, 0.15) is 0 Å². The van der Waals surface area contributed by atoms with Gasteiger partial charge < -0.3 is 4.90 Å². The van der Waals surface area contributed by atoms with Crippen LogP contribution in [0.5, 0.6) is 0 Å². The smallest absolute Gasteiger partial charge is 0.264 e. The van der Waals surface area contributed by atoms with Crippen LogP contribution in [-0.2, 0) is 22.8 Å². The molecule has 162 valence electrons. The van der Waals surface area contributed by atoms with E-state index in [1.165, 1.54) is 11.3 Å². The summed E-state index contributed by atoms with van der Waals surface area (Å²) in [4.78, 5) is 17.1. The number of carbonyl (C=O) groups is 1. The highest BCUT2D eigenvalue weighted by Gasteiger charge is 2.35. The number of amides is 1. The van der Waals surface area contributed by atoms with Crippen LogP contribution in [0, 0.1) is 0 Å². The van der Waals surface area contributed by atoms with Crippen LogP contribution in [0.15, 0.2) is 60.7 Å². The van der Waals surface area contributed by atoms with E-state index in [1.807, 2.05) is 48.5 Å². The van der Waals surface area contributed by atoms with E-state index in [0.717, 1.165) is 28.0 Å². The number of hydrogen-bond acceptors (Lipinski definition) is 4. The first-order valence-electron chi connectivity index (χ1n) is 10.3. The summed E-state index contributed by atoms with van der Waals surface area (Å²) >= 11 is 7.49. The number of sulfone groups is 1. The Labute approximate surface area is 192 Å². The molecule has 3 aromatic rings. The average molecular weight is 474 g/mol. The van der Waals surface area contributed by atoms with Crippen LogP contribution in [-0.4, -0.2) is 36.8 Å². The van der Waals surface area contributed by atoms with E-state index in [9.17, 15) is 13.2 Å². The molecule has 31 heavy (non-hydrogen) atoms. The zero-order valence-corrected chi connectivity index (χ0v) is 19.6. The van der Waals surface area contributed by atoms with Gasteiger partial charge in [-0.1, -0.05) is 61.0 Å². The van der Waals surface area contributed by atoms with Gasteiger partial charge >= 0.3 is 0 Å². The maximum absolute atomic E-state index is 13.6. The molecular formula is C24H24ClNO3S2. The van der Waals surface area contributed by atoms with Gasteiger partial charge in [0.05, 0.1) is 16.4 Å². The van der Waals surface area contributed by atoms with E-state index in [2.05, 4.69) is 6.92 Å². The van der Waals surface area contributed by atoms with Crippen LogP contribution in [0.25, 0.3) is 10.4 Å². The number of nitrogens with zero attached hydrogens (tertiary/aromatic N) is 1. The molecule has 2 heterocycles. The van der Waals surface area contributed by atoms with Crippen molar-refractivity contribution >= 4 is 38.7 Å². The Balaban J connectivity index is 1.68. The van der Waals surface area contributed by atoms with Crippen molar-refractivity contribution in [3.63, 3.8) is 0 Å². The summed E-state index contributed by atoms with van der Waals surface area (Å²) in [6.45, 7) is 2.44. The molecule has 0 bridgehead atoms. The lowest BCUT2D eigenvalue weighted by Gasteiger charge is -2.28. The summed E-state index contributed by atoms with van der Waals surface area (Å²) in [5.41, 5.74) is 3.15. The van der Waals surface area contributed by atoms with Gasteiger partial charge in [0, 0.05) is 22.5 Å². The molecule has 0 radical (unpaired) electrons. The molecule has 0 N–H and O–H groups in total. The first kappa shape index (κ1) is 22.1. The second-order valence-electron chi connectivity index (χ2n) is 7.80. The zero-order chi connectivity index (χ0) is 22.0. The minimum atomic E-state index is -3.12. The van der Waals surface area contributed by atoms with Crippen LogP contribution in [0.3, 0.4) is 0 Å². The molecule has 4 nitrogen and oxygen atoms in total. The topological polar surface area (TPSA) is 54.5 Å². The lowest BCUT2D eigenvalue weighted by molar-refractivity contribution is 0.0686. The average Bonchev–Trinajstić information content (AvgIpc) is 3.36. The lowest BCUT2D eigenvalue weighted by Crippen LogP contribution is -2.40. The molecular weight excluding hydrogens is 450 g/mol. The van der Waals surface area contributed by atoms with Gasteiger partial charge in [-0.15, -0.1) is 11.3 Å². The highest BCUT2D eigenvalue weighted by Crippen LogP contribution is 2.35. The summed E-state index contributed by atoms with van der Waals surface area (Å²) in [5, 5.41) is 0.628. The first-order chi connectivity index (χ1) is 14.9. The fourth-order valence-electron chi connectivity index (χ4n) is 3.95. The first-order valence-corrected chi connectivity index (χ1v) is 13.3. The predicted octanol–water partition coefficient (Wildman–Crippen LogP) is 5.46. The largest absolute Gasteiger partial charge is 0.330 e. The van der Waals surface area contributed by atoms with Crippen LogP contribution in [0.1, 0.15) is 34.1 Å². The molecule has 1 aliphatic heterocycles. The predicted molar refractivity (Wildman–Crippen MR) is 128 cm³/mol. The summed E-state index contributed by atoms with van der Waals surface area (Å²) in [7, 11) is -3.12. The Morgan fingerprint density at radius 3 is 2.45 bits per heavy atom. The molecule has 1 amide bonds. The highest BCUT2D eigenvalue weighted by molar-refractivity contribution is 7.91. The van der Waals surface area contributed by atoms with E-state index in [4.69, 9.17) is 11.6 Å². The Kier molecular flexibility index (Phi) is 6.51. The quantitative estimate of drug-likeness (QED) is 0.477. The molecule has 4 rings (SSSR count). The summed E-state index contributed by atoms with van der Waals surface area (Å²) < 4.78 is 24.3. The van der Waals surface area contributed by atoms with Crippen molar-refractivity contribution in [1.29, 1.82) is 0 Å². The van der Waals surface area contributed by atoms with Crippen molar-refractivity contribution in [2.45, 2.75) is 32.4 Å². The van der Waals surface area contributed by atoms with E-state index in [1.54, 1.807) is 17.0 Å². The van der Waals surface area contributed by atoms with Crippen LogP contribution in [0.4, 0.5) is 0 Å². The van der Waals surface area contributed by atoms with E-state index < -0.39 is 9.84 Å². The number of carbonyl (C=O) groups excluding carboxylic acids is 1. The van der Waals surface area contributed by atoms with Gasteiger partial charge in [0.2, 0.25) is 0 Å². The number of aryl methyl sites for hydroxylation is 1. The van der Waals surface area contributed by atoms with Gasteiger partial charge in [-0.2, -0.15) is 0 Å². The molecule has 1 aromatic heterocycles. The molecule has 7 heteroatoms. The molecule has 1 saturated heterocycles. The van der Waals surface area contributed by atoms with Crippen molar-refractivity contribution in [2.75, 3.05) is 11.5 Å². The number of benzene rings is 2. The van der Waals surface area contributed by atoms with Crippen molar-refractivity contribution in [3.8, 4) is 10.4 Å². The molecule has 0 aliphatic carbocycles. The number of hydrogen-bond donors (Lipinski definition) is 0. The van der Waals surface area contributed by atoms with Crippen molar-refractivity contribution in [3.05, 3.63) is 81.7 Å². The van der Waals surface area contributed by atoms with Crippen molar-refractivity contribution in [1.82, 2.24) is 4.90 Å². The fourth-order valence-corrected chi connectivity index (χ4v) is 7.02. The minimum absolute atomic E-state index is 0.0177. The maximum atomic E-state index is 13.6. The fraction of sp³-hybridized carbons (Fsp3) is 0.292. The second kappa shape index (κ2) is 9.15. The standard InChI is InChI=1S/C24H24ClNO3S2/c1-2-18-14-22(30-23(18)19-6-4-3-5-7-19)24(27)26(21-12-13-31(28,29)16-21)15-17-8-10-20(25)11-9-17/h3-11,14,21H,2,12-13,15-16H2,1H3/t21-/m1/s1. The van der Waals surface area contributed by atoms with Gasteiger partial charge in [0.15, 0.2) is 9.84 Å².